The van der Waals surface area contributed by atoms with Gasteiger partial charge in [-0.1, -0.05) is 54.7 Å². The predicted molar refractivity (Wildman–Crippen MR) is 99.0 cm³/mol. The third-order valence-electron chi connectivity index (χ3n) is 5.63. The summed E-state index contributed by atoms with van der Waals surface area (Å²) in [6.45, 7) is 8.08. The Morgan fingerprint density at radius 3 is 1.50 bits per heavy atom. The molecule has 0 aliphatic heterocycles. The fraction of sp³-hybridized carbons (Fsp3) is 0.455. The van der Waals surface area contributed by atoms with Crippen molar-refractivity contribution < 1.29 is 10.2 Å². The van der Waals surface area contributed by atoms with E-state index in [-0.39, 0.29) is 5.41 Å². The first-order valence-corrected chi connectivity index (χ1v) is 8.96. The van der Waals surface area contributed by atoms with Crippen LogP contribution in [0.1, 0.15) is 65.5 Å². The quantitative estimate of drug-likeness (QED) is 0.757. The first-order chi connectivity index (χ1) is 11.3. The zero-order valence-electron chi connectivity index (χ0n) is 15.2. The number of benzene rings is 2. The number of aromatic hydroxyl groups is 2. The molecule has 3 rings (SSSR count). The summed E-state index contributed by atoms with van der Waals surface area (Å²) in [7, 11) is 0. The van der Waals surface area contributed by atoms with E-state index < -0.39 is 0 Å². The lowest BCUT2D eigenvalue weighted by atomic mass is 9.64. The first-order valence-electron chi connectivity index (χ1n) is 8.96. The number of phenolic OH excluding ortho intramolecular Hbond substituents is 2. The largest absolute Gasteiger partial charge is 0.507 e. The molecule has 1 saturated carbocycles. The average molecular weight is 324 g/mol. The molecule has 2 N–H and O–H groups in total. The molecule has 0 heterocycles. The molecule has 2 aromatic carbocycles. The van der Waals surface area contributed by atoms with Crippen LogP contribution in [0, 0.1) is 27.7 Å². The van der Waals surface area contributed by atoms with Gasteiger partial charge >= 0.3 is 0 Å². The number of hydrogen-bond donors (Lipinski definition) is 2. The fourth-order valence-electron chi connectivity index (χ4n) is 4.49. The summed E-state index contributed by atoms with van der Waals surface area (Å²) in [4.78, 5) is 0. The van der Waals surface area contributed by atoms with Crippen molar-refractivity contribution in [3.63, 3.8) is 0 Å². The lowest BCUT2D eigenvalue weighted by Gasteiger charge is -2.40. The van der Waals surface area contributed by atoms with Crippen LogP contribution in [0.4, 0.5) is 0 Å². The molecule has 0 radical (unpaired) electrons. The normalized spacial score (nSPS) is 17.0. The molecule has 0 amide bonds. The summed E-state index contributed by atoms with van der Waals surface area (Å²) in [5.41, 5.74) is 5.83. The second kappa shape index (κ2) is 6.16. The van der Waals surface area contributed by atoms with E-state index in [0.717, 1.165) is 59.1 Å². The second-order valence-electron chi connectivity index (χ2n) is 7.60. The van der Waals surface area contributed by atoms with E-state index in [1.165, 1.54) is 6.42 Å². The molecule has 2 nitrogen and oxygen atoms in total. The molecule has 2 aromatic rings. The van der Waals surface area contributed by atoms with Gasteiger partial charge in [0.2, 0.25) is 0 Å². The summed E-state index contributed by atoms with van der Waals surface area (Å²) < 4.78 is 0. The minimum atomic E-state index is -0.292. The van der Waals surface area contributed by atoms with Gasteiger partial charge < -0.3 is 10.2 Å². The third-order valence-corrected chi connectivity index (χ3v) is 5.63. The summed E-state index contributed by atoms with van der Waals surface area (Å²) >= 11 is 0. The van der Waals surface area contributed by atoms with E-state index in [9.17, 15) is 10.2 Å². The van der Waals surface area contributed by atoms with Crippen molar-refractivity contribution in [1.29, 1.82) is 0 Å². The Balaban J connectivity index is 2.32. The molecule has 0 spiro atoms. The Hall–Kier alpha value is -1.96. The molecule has 0 saturated heterocycles. The van der Waals surface area contributed by atoms with Gasteiger partial charge in [0.15, 0.2) is 0 Å². The third kappa shape index (κ3) is 2.68. The molecular weight excluding hydrogens is 296 g/mol. The lowest BCUT2D eigenvalue weighted by molar-refractivity contribution is 0.320. The number of aryl methyl sites for hydroxylation is 4. The van der Waals surface area contributed by atoms with Gasteiger partial charge in [0.25, 0.3) is 0 Å². The van der Waals surface area contributed by atoms with Crippen LogP contribution in [0.25, 0.3) is 0 Å². The molecular formula is C22H28O2. The van der Waals surface area contributed by atoms with Crippen molar-refractivity contribution in [3.8, 4) is 11.5 Å². The second-order valence-corrected chi connectivity index (χ2v) is 7.60. The topological polar surface area (TPSA) is 40.5 Å². The van der Waals surface area contributed by atoms with Gasteiger partial charge in [-0.25, -0.2) is 0 Å². The van der Waals surface area contributed by atoms with Crippen molar-refractivity contribution >= 4 is 0 Å². The number of rotatable bonds is 2. The molecule has 0 atom stereocenters. The molecule has 0 unspecified atom stereocenters. The molecule has 1 aliphatic carbocycles. The van der Waals surface area contributed by atoms with Crippen LogP contribution >= 0.6 is 0 Å². The van der Waals surface area contributed by atoms with Gasteiger partial charge in [0.05, 0.1) is 0 Å². The number of phenols is 2. The van der Waals surface area contributed by atoms with Gasteiger partial charge in [0, 0.05) is 16.5 Å². The van der Waals surface area contributed by atoms with Crippen LogP contribution in [0.2, 0.25) is 0 Å². The van der Waals surface area contributed by atoms with Crippen molar-refractivity contribution in [1.82, 2.24) is 0 Å². The minimum absolute atomic E-state index is 0.292. The Kier molecular flexibility index (Phi) is 4.33. The fourth-order valence-corrected chi connectivity index (χ4v) is 4.49. The number of hydrogen-bond acceptors (Lipinski definition) is 2. The van der Waals surface area contributed by atoms with Crippen molar-refractivity contribution in [2.75, 3.05) is 0 Å². The van der Waals surface area contributed by atoms with Crippen LogP contribution in [0.15, 0.2) is 24.3 Å². The summed E-state index contributed by atoms with van der Waals surface area (Å²) in [5.74, 6) is 0.780. The highest BCUT2D eigenvalue weighted by molar-refractivity contribution is 5.57. The molecule has 1 aliphatic rings. The maximum atomic E-state index is 10.8. The zero-order valence-corrected chi connectivity index (χ0v) is 15.2. The van der Waals surface area contributed by atoms with Crippen molar-refractivity contribution in [2.24, 2.45) is 0 Å². The Morgan fingerprint density at radius 1 is 0.667 bits per heavy atom. The molecule has 1 fully saturated rings. The highest BCUT2D eigenvalue weighted by atomic mass is 16.3. The Morgan fingerprint density at radius 2 is 1.08 bits per heavy atom. The van der Waals surface area contributed by atoms with Crippen LogP contribution < -0.4 is 0 Å². The zero-order chi connectivity index (χ0) is 17.5. The molecule has 128 valence electrons. The van der Waals surface area contributed by atoms with Gasteiger partial charge in [-0.05, 0) is 51.7 Å². The SMILES string of the molecule is Cc1cc(C)c(O)c(C2(c3cc(C)cc(C)c3O)CCCCC2)c1. The molecule has 24 heavy (non-hydrogen) atoms. The Bertz CT molecular complexity index is 709. The van der Waals surface area contributed by atoms with Crippen molar-refractivity contribution in [2.45, 2.75) is 65.2 Å². The molecule has 2 heteroatoms. The smallest absolute Gasteiger partial charge is 0.122 e. The van der Waals surface area contributed by atoms with Crippen LogP contribution in [0.3, 0.4) is 0 Å². The van der Waals surface area contributed by atoms with Crippen LogP contribution in [-0.4, -0.2) is 10.2 Å². The van der Waals surface area contributed by atoms with Crippen molar-refractivity contribution in [3.05, 3.63) is 57.6 Å². The minimum Gasteiger partial charge on any atom is -0.507 e. The van der Waals surface area contributed by atoms with Gasteiger partial charge in [-0.3, -0.25) is 0 Å². The summed E-state index contributed by atoms with van der Waals surface area (Å²) in [6, 6.07) is 8.28. The lowest BCUT2D eigenvalue weighted by Crippen LogP contribution is -2.31. The Labute approximate surface area is 145 Å². The van der Waals surface area contributed by atoms with Gasteiger partial charge in [-0.2, -0.15) is 0 Å². The predicted octanol–water partition coefficient (Wildman–Crippen LogP) is 5.58. The maximum Gasteiger partial charge on any atom is 0.122 e. The van der Waals surface area contributed by atoms with Gasteiger partial charge in [0.1, 0.15) is 11.5 Å². The van der Waals surface area contributed by atoms with Crippen LogP contribution in [0.5, 0.6) is 11.5 Å². The van der Waals surface area contributed by atoms with Crippen LogP contribution in [-0.2, 0) is 5.41 Å². The van der Waals surface area contributed by atoms with E-state index in [4.69, 9.17) is 0 Å². The first kappa shape index (κ1) is 16.9. The summed E-state index contributed by atoms with van der Waals surface area (Å²) in [5, 5.41) is 21.7. The monoisotopic (exact) mass is 324 g/mol. The van der Waals surface area contributed by atoms with Gasteiger partial charge in [-0.15, -0.1) is 0 Å². The summed E-state index contributed by atoms with van der Waals surface area (Å²) in [6.07, 6.45) is 5.41. The van der Waals surface area contributed by atoms with E-state index in [0.29, 0.717) is 11.5 Å². The standard InChI is InChI=1S/C22H28O2/c1-14-10-16(3)20(23)18(12-14)22(8-6-5-7-9-22)19-13-15(2)11-17(4)21(19)24/h10-13,23-24H,5-9H2,1-4H3. The van der Waals surface area contributed by atoms with E-state index in [1.54, 1.807) is 0 Å². The molecule has 0 aromatic heterocycles. The maximum absolute atomic E-state index is 10.8. The molecule has 0 bridgehead atoms. The van der Waals surface area contributed by atoms with E-state index >= 15 is 0 Å². The average Bonchev–Trinajstić information content (AvgIpc) is 2.55. The van der Waals surface area contributed by atoms with E-state index in [2.05, 4.69) is 26.0 Å². The highest BCUT2D eigenvalue weighted by Crippen LogP contribution is 2.51. The highest BCUT2D eigenvalue weighted by Gasteiger charge is 2.40. The van der Waals surface area contributed by atoms with E-state index in [1.807, 2.05) is 26.0 Å².